The molecule has 3 heterocycles. The molecule has 0 radical (unpaired) electrons. The van der Waals surface area contributed by atoms with Crippen molar-refractivity contribution in [3.05, 3.63) is 87.7 Å². The fraction of sp³-hybridized carbons (Fsp3) is 0.231. The van der Waals surface area contributed by atoms with E-state index in [1.165, 1.54) is 35.5 Å². The highest BCUT2D eigenvalue weighted by molar-refractivity contribution is 6.21. The predicted molar refractivity (Wildman–Crippen MR) is 130 cm³/mol. The smallest absolute Gasteiger partial charge is 0.336 e. The molecule has 3 aromatic rings. The molecule has 2 atom stereocenters. The van der Waals surface area contributed by atoms with Gasteiger partial charge in [0.15, 0.2) is 0 Å². The van der Waals surface area contributed by atoms with Crippen LogP contribution in [0.1, 0.15) is 50.8 Å². The second-order valence-electron chi connectivity index (χ2n) is 8.93. The number of aromatic nitrogens is 1. The first-order valence-electron chi connectivity index (χ1n) is 11.5. The molecule has 1 N–H and O–H groups in total. The van der Waals surface area contributed by atoms with Gasteiger partial charge in [-0.2, -0.15) is 0 Å². The molecule has 36 heavy (non-hydrogen) atoms. The van der Waals surface area contributed by atoms with Gasteiger partial charge in [0.2, 0.25) is 0 Å². The maximum Gasteiger partial charge on any atom is 0.336 e. The van der Waals surface area contributed by atoms with Gasteiger partial charge in [-0.3, -0.25) is 29.6 Å². The average molecular weight is 486 g/mol. The van der Waals surface area contributed by atoms with E-state index in [9.17, 15) is 29.6 Å². The molecule has 5 rings (SSSR count). The molecular weight excluding hydrogens is 464 g/mol. The number of nitrogens with zero attached hydrogens (tertiary/aromatic N) is 4. The molecule has 2 aliphatic rings. The number of piperidine rings is 1. The van der Waals surface area contributed by atoms with Gasteiger partial charge in [0.1, 0.15) is 5.69 Å². The van der Waals surface area contributed by atoms with Crippen molar-refractivity contribution >= 4 is 29.2 Å². The summed E-state index contributed by atoms with van der Waals surface area (Å²) in [6.07, 6.45) is 3.70. The van der Waals surface area contributed by atoms with Crippen molar-refractivity contribution in [2.75, 3.05) is 11.4 Å². The number of anilines is 1. The number of carboxylic acid groups (broad SMARTS) is 1. The molecule has 0 spiro atoms. The normalized spacial score (nSPS) is 19.4. The lowest BCUT2D eigenvalue weighted by molar-refractivity contribution is -0.384. The number of benzene rings is 2. The predicted octanol–water partition coefficient (Wildman–Crippen LogP) is 4.01. The third-order valence-corrected chi connectivity index (χ3v) is 6.88. The van der Waals surface area contributed by atoms with Crippen LogP contribution in [0.15, 0.2) is 60.9 Å². The summed E-state index contributed by atoms with van der Waals surface area (Å²) in [5.74, 6) is -1.75. The summed E-state index contributed by atoms with van der Waals surface area (Å²) >= 11 is 0. The number of amides is 2. The van der Waals surface area contributed by atoms with Gasteiger partial charge < -0.3 is 10.0 Å². The summed E-state index contributed by atoms with van der Waals surface area (Å²) in [6, 6.07) is 12.1. The van der Waals surface area contributed by atoms with Gasteiger partial charge in [-0.05, 0) is 55.7 Å². The van der Waals surface area contributed by atoms with Crippen molar-refractivity contribution in [3.63, 3.8) is 0 Å². The van der Waals surface area contributed by atoms with Crippen molar-refractivity contribution in [3.8, 4) is 11.1 Å². The van der Waals surface area contributed by atoms with E-state index >= 15 is 0 Å². The highest BCUT2D eigenvalue weighted by atomic mass is 16.6. The van der Waals surface area contributed by atoms with Crippen LogP contribution in [0.25, 0.3) is 11.1 Å². The third kappa shape index (κ3) is 3.76. The van der Waals surface area contributed by atoms with E-state index < -0.39 is 10.9 Å². The van der Waals surface area contributed by atoms with Crippen LogP contribution < -0.4 is 4.90 Å². The van der Waals surface area contributed by atoms with E-state index in [1.807, 2.05) is 11.8 Å². The van der Waals surface area contributed by atoms with Gasteiger partial charge >= 0.3 is 5.97 Å². The van der Waals surface area contributed by atoms with Gasteiger partial charge in [-0.15, -0.1) is 0 Å². The summed E-state index contributed by atoms with van der Waals surface area (Å²) in [7, 11) is 0. The van der Waals surface area contributed by atoms with Crippen LogP contribution in [0, 0.1) is 10.1 Å². The van der Waals surface area contributed by atoms with E-state index in [4.69, 9.17) is 0 Å². The van der Waals surface area contributed by atoms with Gasteiger partial charge in [-0.25, -0.2) is 4.79 Å². The Labute approximate surface area is 205 Å². The number of hydrogen-bond acceptors (Lipinski definition) is 7. The van der Waals surface area contributed by atoms with Gasteiger partial charge in [-0.1, -0.05) is 12.1 Å². The first-order valence-corrected chi connectivity index (χ1v) is 11.5. The van der Waals surface area contributed by atoms with E-state index in [1.54, 1.807) is 30.3 Å². The van der Waals surface area contributed by atoms with E-state index in [0.29, 0.717) is 47.3 Å². The first kappa shape index (κ1) is 23.2. The summed E-state index contributed by atoms with van der Waals surface area (Å²) in [5.41, 5.74) is 1.93. The molecule has 0 saturated carbocycles. The highest BCUT2D eigenvalue weighted by Gasteiger charge is 2.42. The van der Waals surface area contributed by atoms with Crippen LogP contribution in [0.2, 0.25) is 0 Å². The number of nitro groups is 1. The van der Waals surface area contributed by atoms with Crippen LogP contribution in [-0.2, 0) is 0 Å². The number of imide groups is 1. The fourth-order valence-electron chi connectivity index (χ4n) is 5.17. The standard InChI is InChI=1S/C26H22N4O6/c1-15-12-17(29-24(31)18-4-2-3-5-19(18)25(29)32)9-11-28(15)23-13-16(6-7-22(23)30(35)36)21-14-27-10-8-20(21)26(33)34/h2-8,10,13-15,17H,9,11-12H2,1H3,(H,33,34)/t15-,17-/m0/s1. The first-order chi connectivity index (χ1) is 17.3. The molecule has 0 bridgehead atoms. The van der Waals surface area contributed by atoms with Crippen LogP contribution in [-0.4, -0.2) is 56.3 Å². The van der Waals surface area contributed by atoms with Crippen molar-refractivity contribution < 1.29 is 24.4 Å². The number of rotatable bonds is 5. The molecule has 0 unspecified atom stereocenters. The second kappa shape index (κ2) is 8.88. The molecule has 1 fully saturated rings. The number of hydrogen-bond donors (Lipinski definition) is 1. The Bertz CT molecular complexity index is 1390. The van der Waals surface area contributed by atoms with Crippen molar-refractivity contribution in [2.24, 2.45) is 0 Å². The van der Waals surface area contributed by atoms with E-state index in [-0.39, 0.29) is 35.1 Å². The monoisotopic (exact) mass is 486 g/mol. The summed E-state index contributed by atoms with van der Waals surface area (Å²) in [5, 5.41) is 21.4. The van der Waals surface area contributed by atoms with Gasteiger partial charge in [0, 0.05) is 42.7 Å². The Kier molecular flexibility index (Phi) is 5.71. The zero-order valence-electron chi connectivity index (χ0n) is 19.3. The highest BCUT2D eigenvalue weighted by Crippen LogP contribution is 2.39. The molecule has 10 nitrogen and oxygen atoms in total. The summed E-state index contributed by atoms with van der Waals surface area (Å²) in [4.78, 5) is 56.2. The zero-order chi connectivity index (χ0) is 25.6. The third-order valence-electron chi connectivity index (χ3n) is 6.88. The summed E-state index contributed by atoms with van der Waals surface area (Å²) < 4.78 is 0. The topological polar surface area (TPSA) is 134 Å². The Balaban J connectivity index is 1.46. The average Bonchev–Trinajstić information content (AvgIpc) is 3.13. The molecular formula is C26H22N4O6. The van der Waals surface area contributed by atoms with Crippen LogP contribution in [0.4, 0.5) is 11.4 Å². The van der Waals surface area contributed by atoms with Crippen LogP contribution in [0.3, 0.4) is 0 Å². The minimum absolute atomic E-state index is 0.0437. The van der Waals surface area contributed by atoms with Gasteiger partial charge in [0.25, 0.3) is 17.5 Å². The van der Waals surface area contributed by atoms with Crippen LogP contribution in [0.5, 0.6) is 0 Å². The number of aromatic carboxylic acids is 1. The molecule has 0 aliphatic carbocycles. The zero-order valence-corrected chi connectivity index (χ0v) is 19.3. The molecule has 10 heteroatoms. The van der Waals surface area contributed by atoms with Gasteiger partial charge in [0.05, 0.1) is 21.6 Å². The largest absolute Gasteiger partial charge is 0.478 e. The number of nitro benzene ring substituents is 1. The lowest BCUT2D eigenvalue weighted by Gasteiger charge is -2.41. The van der Waals surface area contributed by atoms with Crippen LogP contribution >= 0.6 is 0 Å². The maximum atomic E-state index is 12.9. The molecule has 1 aromatic heterocycles. The van der Waals surface area contributed by atoms with E-state index in [0.717, 1.165) is 0 Å². The summed E-state index contributed by atoms with van der Waals surface area (Å²) in [6.45, 7) is 2.27. The van der Waals surface area contributed by atoms with Crippen molar-refractivity contribution in [1.82, 2.24) is 9.88 Å². The second-order valence-corrected chi connectivity index (χ2v) is 8.93. The number of carboxylic acids is 1. The van der Waals surface area contributed by atoms with Crippen molar-refractivity contribution in [1.29, 1.82) is 0 Å². The minimum atomic E-state index is -1.12. The fourth-order valence-corrected chi connectivity index (χ4v) is 5.17. The number of pyridine rings is 1. The molecule has 1 saturated heterocycles. The quantitative estimate of drug-likeness (QED) is 0.325. The maximum absolute atomic E-state index is 12.9. The lowest BCUT2D eigenvalue weighted by Crippen LogP contribution is -2.51. The SMILES string of the molecule is C[C@H]1C[C@@H](N2C(=O)c3ccccc3C2=O)CCN1c1cc(-c2cnccc2C(=O)O)ccc1[N+](=O)[O-]. The Morgan fingerprint density at radius 3 is 2.39 bits per heavy atom. The number of carbonyl (C=O) groups is 3. The Morgan fingerprint density at radius 1 is 1.08 bits per heavy atom. The lowest BCUT2D eigenvalue weighted by atomic mass is 9.94. The Morgan fingerprint density at radius 2 is 1.78 bits per heavy atom. The van der Waals surface area contributed by atoms with E-state index in [2.05, 4.69) is 4.98 Å². The Hall–Kier alpha value is -4.60. The molecule has 182 valence electrons. The minimum Gasteiger partial charge on any atom is -0.478 e. The molecule has 2 aliphatic heterocycles. The molecule has 2 aromatic carbocycles. The number of carbonyl (C=O) groups excluding carboxylic acids is 2. The molecule has 2 amide bonds. The number of fused-ring (bicyclic) bond motifs is 1. The van der Waals surface area contributed by atoms with Crippen molar-refractivity contribution in [2.45, 2.75) is 31.8 Å².